The van der Waals surface area contributed by atoms with Gasteiger partial charge in [-0.2, -0.15) is 0 Å². The van der Waals surface area contributed by atoms with E-state index in [4.69, 9.17) is 9.47 Å². The molecule has 0 aliphatic carbocycles. The summed E-state index contributed by atoms with van der Waals surface area (Å²) < 4.78 is 10.3. The van der Waals surface area contributed by atoms with Gasteiger partial charge in [-0.15, -0.1) is 0 Å². The van der Waals surface area contributed by atoms with Gasteiger partial charge >= 0.3 is 5.97 Å². The van der Waals surface area contributed by atoms with Gasteiger partial charge in [0.05, 0.1) is 7.11 Å². The summed E-state index contributed by atoms with van der Waals surface area (Å²) in [7, 11) is 1.36. The summed E-state index contributed by atoms with van der Waals surface area (Å²) in [4.78, 5) is 15.8. The number of esters is 1. The molecule has 0 spiro atoms. The fourth-order valence-electron chi connectivity index (χ4n) is 2.37. The maximum absolute atomic E-state index is 11.7. The van der Waals surface area contributed by atoms with Crippen molar-refractivity contribution in [1.29, 1.82) is 0 Å². The van der Waals surface area contributed by atoms with E-state index in [9.17, 15) is 4.79 Å². The molecular formula is C15H13NO3. The highest BCUT2D eigenvalue weighted by atomic mass is 16.5. The van der Waals surface area contributed by atoms with E-state index in [0.29, 0.717) is 0 Å². The van der Waals surface area contributed by atoms with Gasteiger partial charge in [0.25, 0.3) is 0 Å². The maximum atomic E-state index is 11.7. The van der Waals surface area contributed by atoms with Gasteiger partial charge in [-0.1, -0.05) is 42.5 Å². The van der Waals surface area contributed by atoms with E-state index < -0.39 is 12.1 Å². The van der Waals surface area contributed by atoms with Crippen molar-refractivity contribution in [1.82, 2.24) is 0 Å². The molecule has 0 bridgehead atoms. The molecule has 0 fully saturated rings. The Balaban J connectivity index is 2.07. The number of carbonyl (C=O) groups excluding carboxylic acids is 1. The predicted octanol–water partition coefficient (Wildman–Crippen LogP) is 2.48. The Hall–Kier alpha value is -2.36. The van der Waals surface area contributed by atoms with Crippen LogP contribution in [0.3, 0.4) is 0 Å². The summed E-state index contributed by atoms with van der Waals surface area (Å²) in [6.07, 6.45) is 0.909. The predicted molar refractivity (Wildman–Crippen MR) is 72.1 cm³/mol. The largest absolute Gasteiger partial charge is 0.473 e. The summed E-state index contributed by atoms with van der Waals surface area (Å²) in [5.74, 6) is -0.383. The standard InChI is InChI=1S/C15H13NO3/c1-18-15(17)13-14(19-9-16-13)12-8-4-6-10-5-2-3-7-11(10)12/h2-9,13-14H,1H3/t13-,14-/m0/s1. The molecule has 19 heavy (non-hydrogen) atoms. The number of methoxy groups -OCH3 is 1. The minimum absolute atomic E-state index is 0.383. The first-order valence-electron chi connectivity index (χ1n) is 6.04. The zero-order chi connectivity index (χ0) is 13.2. The normalized spacial score (nSPS) is 21.3. The number of hydrogen-bond acceptors (Lipinski definition) is 4. The second kappa shape index (κ2) is 4.72. The van der Waals surface area contributed by atoms with Gasteiger partial charge in [0.2, 0.25) is 0 Å². The number of fused-ring (bicyclic) bond motifs is 1. The molecule has 2 aromatic carbocycles. The molecule has 0 radical (unpaired) electrons. The summed E-state index contributed by atoms with van der Waals surface area (Å²) in [5, 5.41) is 2.17. The van der Waals surface area contributed by atoms with E-state index in [0.717, 1.165) is 16.3 Å². The Morgan fingerprint density at radius 1 is 1.21 bits per heavy atom. The molecule has 4 heteroatoms. The number of nitrogens with zero attached hydrogens (tertiary/aromatic N) is 1. The molecule has 1 heterocycles. The lowest BCUT2D eigenvalue weighted by Gasteiger charge is -2.17. The highest BCUT2D eigenvalue weighted by Crippen LogP contribution is 2.32. The van der Waals surface area contributed by atoms with Crippen molar-refractivity contribution in [3.63, 3.8) is 0 Å². The second-order valence-corrected chi connectivity index (χ2v) is 4.35. The van der Waals surface area contributed by atoms with Crippen molar-refractivity contribution < 1.29 is 14.3 Å². The van der Waals surface area contributed by atoms with Crippen molar-refractivity contribution in [2.45, 2.75) is 12.1 Å². The van der Waals surface area contributed by atoms with Crippen LogP contribution in [0.25, 0.3) is 10.8 Å². The fraction of sp³-hybridized carbons (Fsp3) is 0.200. The molecule has 4 nitrogen and oxygen atoms in total. The molecule has 0 saturated carbocycles. The van der Waals surface area contributed by atoms with Crippen molar-refractivity contribution in [3.8, 4) is 0 Å². The molecule has 0 saturated heterocycles. The molecule has 1 aliphatic rings. The van der Waals surface area contributed by atoms with Crippen molar-refractivity contribution in [2.24, 2.45) is 4.99 Å². The first-order chi connectivity index (χ1) is 9.31. The molecule has 0 aromatic heterocycles. The van der Waals surface area contributed by atoms with E-state index in [1.54, 1.807) is 0 Å². The molecule has 2 atom stereocenters. The van der Waals surface area contributed by atoms with E-state index in [1.807, 2.05) is 42.5 Å². The van der Waals surface area contributed by atoms with Crippen molar-refractivity contribution in [2.75, 3.05) is 7.11 Å². The second-order valence-electron chi connectivity index (χ2n) is 4.35. The molecule has 0 N–H and O–H groups in total. The number of rotatable bonds is 2. The molecular weight excluding hydrogens is 242 g/mol. The third-order valence-electron chi connectivity index (χ3n) is 3.29. The van der Waals surface area contributed by atoms with Crippen LogP contribution in [0.15, 0.2) is 47.5 Å². The van der Waals surface area contributed by atoms with Gasteiger partial charge in [-0.3, -0.25) is 0 Å². The summed E-state index contributed by atoms with van der Waals surface area (Å²) in [6.45, 7) is 0. The average Bonchev–Trinajstić information content (AvgIpc) is 2.95. The van der Waals surface area contributed by atoms with E-state index in [1.165, 1.54) is 13.5 Å². The van der Waals surface area contributed by atoms with Gasteiger partial charge in [0.15, 0.2) is 18.5 Å². The Morgan fingerprint density at radius 3 is 2.84 bits per heavy atom. The van der Waals surface area contributed by atoms with Gasteiger partial charge in [0.1, 0.15) is 0 Å². The van der Waals surface area contributed by atoms with E-state index >= 15 is 0 Å². The summed E-state index contributed by atoms with van der Waals surface area (Å²) in [6, 6.07) is 13.3. The van der Waals surface area contributed by atoms with Crippen LogP contribution in [0.4, 0.5) is 0 Å². The molecule has 96 valence electrons. The topological polar surface area (TPSA) is 47.9 Å². The van der Waals surface area contributed by atoms with E-state index in [-0.39, 0.29) is 5.97 Å². The molecule has 3 rings (SSSR count). The quantitative estimate of drug-likeness (QED) is 0.774. The zero-order valence-corrected chi connectivity index (χ0v) is 10.4. The lowest BCUT2D eigenvalue weighted by Crippen LogP contribution is -2.25. The maximum Gasteiger partial charge on any atom is 0.334 e. The van der Waals surface area contributed by atoms with E-state index in [2.05, 4.69) is 4.99 Å². The average molecular weight is 255 g/mol. The number of benzene rings is 2. The number of ether oxygens (including phenoxy) is 2. The fourth-order valence-corrected chi connectivity index (χ4v) is 2.37. The van der Waals surface area contributed by atoms with Gasteiger partial charge in [-0.05, 0) is 10.8 Å². The van der Waals surface area contributed by atoms with Gasteiger partial charge < -0.3 is 9.47 Å². The highest BCUT2D eigenvalue weighted by Gasteiger charge is 2.35. The highest BCUT2D eigenvalue weighted by molar-refractivity contribution is 5.88. The lowest BCUT2D eigenvalue weighted by molar-refractivity contribution is -0.143. The Morgan fingerprint density at radius 2 is 2.00 bits per heavy atom. The van der Waals surface area contributed by atoms with Gasteiger partial charge in [0, 0.05) is 5.56 Å². The van der Waals surface area contributed by atoms with Crippen LogP contribution >= 0.6 is 0 Å². The molecule has 0 unspecified atom stereocenters. The number of carbonyl (C=O) groups is 1. The Labute approximate surface area is 110 Å². The number of hydrogen-bond donors (Lipinski definition) is 0. The van der Waals surface area contributed by atoms with Crippen molar-refractivity contribution >= 4 is 23.1 Å². The molecule has 1 aliphatic heterocycles. The molecule has 0 amide bonds. The third kappa shape index (κ3) is 1.95. The minimum atomic E-state index is -0.629. The lowest BCUT2D eigenvalue weighted by atomic mass is 9.96. The smallest absolute Gasteiger partial charge is 0.334 e. The van der Waals surface area contributed by atoms with Gasteiger partial charge in [-0.25, -0.2) is 9.79 Å². The van der Waals surface area contributed by atoms with Crippen LogP contribution in [0.2, 0.25) is 0 Å². The van der Waals surface area contributed by atoms with Crippen LogP contribution in [-0.4, -0.2) is 25.5 Å². The first-order valence-corrected chi connectivity index (χ1v) is 6.04. The minimum Gasteiger partial charge on any atom is -0.473 e. The monoisotopic (exact) mass is 255 g/mol. The Bertz CT molecular complexity index is 645. The van der Waals surface area contributed by atoms with Crippen LogP contribution in [0, 0.1) is 0 Å². The SMILES string of the molecule is COC(=O)[C@H]1N=CO[C@H]1c1cccc2ccccc12. The number of aliphatic imine (C=N–C) groups is 1. The Kier molecular flexibility index (Phi) is 2.91. The third-order valence-corrected chi connectivity index (χ3v) is 3.29. The summed E-state index contributed by atoms with van der Waals surface area (Å²) in [5.41, 5.74) is 0.950. The van der Waals surface area contributed by atoms with Crippen LogP contribution < -0.4 is 0 Å². The molecule has 2 aromatic rings. The van der Waals surface area contributed by atoms with Crippen molar-refractivity contribution in [3.05, 3.63) is 48.0 Å². The van der Waals surface area contributed by atoms with Crippen LogP contribution in [0.1, 0.15) is 11.7 Å². The van der Waals surface area contributed by atoms with Crippen LogP contribution in [0.5, 0.6) is 0 Å². The van der Waals surface area contributed by atoms with Crippen LogP contribution in [-0.2, 0) is 14.3 Å². The summed E-state index contributed by atoms with van der Waals surface area (Å²) >= 11 is 0. The first kappa shape index (κ1) is 11.7. The zero-order valence-electron chi connectivity index (χ0n) is 10.4.